The number of hydrogen-bond donors (Lipinski definition) is 2. The van der Waals surface area contributed by atoms with Crippen molar-refractivity contribution < 1.29 is 28.5 Å². The van der Waals surface area contributed by atoms with Gasteiger partial charge in [0.15, 0.2) is 17.7 Å². The van der Waals surface area contributed by atoms with Crippen molar-refractivity contribution in [3.63, 3.8) is 0 Å². The molecule has 4 nitrogen and oxygen atoms in total. The van der Waals surface area contributed by atoms with Crippen LogP contribution in [0, 0.1) is 11.6 Å². The molecule has 0 heterocycles. The van der Waals surface area contributed by atoms with E-state index in [1.165, 1.54) is 0 Å². The van der Waals surface area contributed by atoms with Gasteiger partial charge in [0.2, 0.25) is 0 Å². The minimum Gasteiger partial charge on any atom is -0.495 e. The second kappa shape index (κ2) is 4.63. The summed E-state index contributed by atoms with van der Waals surface area (Å²) in [7, 11) is 1.09. The van der Waals surface area contributed by atoms with E-state index in [0.29, 0.717) is 6.07 Å². The maximum absolute atomic E-state index is 13.3. The molecule has 0 aromatic heterocycles. The van der Waals surface area contributed by atoms with Gasteiger partial charge >= 0.3 is 5.97 Å². The second-order valence-electron chi connectivity index (χ2n) is 2.84. The van der Waals surface area contributed by atoms with Gasteiger partial charge in [0, 0.05) is 0 Å². The summed E-state index contributed by atoms with van der Waals surface area (Å²) in [6.45, 7) is 0. The molecule has 16 heavy (non-hydrogen) atoms. The first-order valence-corrected chi connectivity index (χ1v) is 4.40. The number of rotatable bonds is 3. The van der Waals surface area contributed by atoms with Crippen LogP contribution in [0.5, 0.6) is 5.75 Å². The van der Waals surface area contributed by atoms with Crippen LogP contribution in [0.25, 0.3) is 0 Å². The second-order valence-corrected chi connectivity index (χ2v) is 3.25. The lowest BCUT2D eigenvalue weighted by Crippen LogP contribution is -2.14. The molecule has 0 radical (unpaired) electrons. The van der Waals surface area contributed by atoms with Crippen LogP contribution in [0.3, 0.4) is 0 Å². The van der Waals surface area contributed by atoms with Crippen LogP contribution in [0.4, 0.5) is 8.78 Å². The van der Waals surface area contributed by atoms with Gasteiger partial charge in [-0.25, -0.2) is 13.6 Å². The first kappa shape index (κ1) is 12.7. The van der Waals surface area contributed by atoms with Gasteiger partial charge in [0.1, 0.15) is 5.75 Å². The highest BCUT2D eigenvalue weighted by atomic mass is 35.5. The number of carboxylic acid groups (broad SMARTS) is 1. The molecule has 0 aliphatic rings. The van der Waals surface area contributed by atoms with E-state index in [4.69, 9.17) is 16.7 Å². The predicted molar refractivity (Wildman–Crippen MR) is 50.5 cm³/mol. The van der Waals surface area contributed by atoms with Gasteiger partial charge in [0.05, 0.1) is 17.7 Å². The number of aliphatic hydroxyl groups excluding tert-OH is 1. The van der Waals surface area contributed by atoms with Crippen molar-refractivity contribution in [3.05, 3.63) is 28.3 Å². The molecule has 2 N–H and O–H groups in total. The van der Waals surface area contributed by atoms with Crippen LogP contribution in [0.2, 0.25) is 5.02 Å². The van der Waals surface area contributed by atoms with Gasteiger partial charge in [0.25, 0.3) is 0 Å². The lowest BCUT2D eigenvalue weighted by atomic mass is 10.1. The SMILES string of the molecule is COc1c(Cl)cc(F)c(F)c1C(O)C(=O)O. The molecule has 0 fully saturated rings. The lowest BCUT2D eigenvalue weighted by molar-refractivity contribution is -0.147. The van der Waals surface area contributed by atoms with Crippen molar-refractivity contribution in [3.8, 4) is 5.75 Å². The summed E-state index contributed by atoms with van der Waals surface area (Å²) in [6.07, 6.45) is -2.25. The number of aliphatic hydroxyl groups is 1. The van der Waals surface area contributed by atoms with Crippen LogP contribution < -0.4 is 4.74 Å². The zero-order chi connectivity index (χ0) is 12.5. The molecule has 1 atom stereocenters. The van der Waals surface area contributed by atoms with Crippen molar-refractivity contribution in [1.29, 1.82) is 0 Å². The fourth-order valence-electron chi connectivity index (χ4n) is 1.17. The maximum Gasteiger partial charge on any atom is 0.337 e. The van der Waals surface area contributed by atoms with E-state index in [9.17, 15) is 18.7 Å². The first-order chi connectivity index (χ1) is 7.40. The predicted octanol–water partition coefficient (Wildman–Crippen LogP) is 1.74. The van der Waals surface area contributed by atoms with Gasteiger partial charge in [-0.15, -0.1) is 0 Å². The molecule has 1 aromatic carbocycles. The van der Waals surface area contributed by atoms with Gasteiger partial charge in [-0.2, -0.15) is 0 Å². The van der Waals surface area contributed by atoms with Gasteiger partial charge in [-0.3, -0.25) is 0 Å². The van der Waals surface area contributed by atoms with E-state index in [1.54, 1.807) is 0 Å². The number of carbonyl (C=O) groups is 1. The molecule has 0 spiro atoms. The van der Waals surface area contributed by atoms with Crippen molar-refractivity contribution in [1.82, 2.24) is 0 Å². The summed E-state index contributed by atoms with van der Waals surface area (Å²) in [6, 6.07) is 0.633. The topological polar surface area (TPSA) is 66.8 Å². The number of methoxy groups -OCH3 is 1. The summed E-state index contributed by atoms with van der Waals surface area (Å²) >= 11 is 5.52. The zero-order valence-electron chi connectivity index (χ0n) is 8.00. The molecule has 0 bridgehead atoms. The Balaban J connectivity index is 3.50. The Morgan fingerprint density at radius 2 is 2.12 bits per heavy atom. The molecule has 0 amide bonds. The Kier molecular flexibility index (Phi) is 3.66. The van der Waals surface area contributed by atoms with E-state index >= 15 is 0 Å². The molecule has 1 aromatic rings. The Bertz CT molecular complexity index is 436. The highest BCUT2D eigenvalue weighted by Gasteiger charge is 2.28. The molecular weight excluding hydrogens is 246 g/mol. The fourth-order valence-corrected chi connectivity index (χ4v) is 1.45. The minimum atomic E-state index is -2.25. The summed E-state index contributed by atoms with van der Waals surface area (Å²) in [5.41, 5.74) is -0.833. The van der Waals surface area contributed by atoms with Crippen LogP contribution in [0.15, 0.2) is 6.07 Å². The Morgan fingerprint density at radius 3 is 2.56 bits per heavy atom. The minimum absolute atomic E-state index is 0.322. The molecule has 88 valence electrons. The Labute approximate surface area is 94.0 Å². The number of halogens is 3. The van der Waals surface area contributed by atoms with Crippen molar-refractivity contribution in [2.75, 3.05) is 7.11 Å². The van der Waals surface area contributed by atoms with E-state index in [0.717, 1.165) is 7.11 Å². The number of ether oxygens (including phenoxy) is 1. The van der Waals surface area contributed by atoms with E-state index in [1.807, 2.05) is 0 Å². The number of aliphatic carboxylic acids is 1. The highest BCUT2D eigenvalue weighted by Crippen LogP contribution is 2.36. The molecule has 0 saturated heterocycles. The smallest absolute Gasteiger partial charge is 0.337 e. The van der Waals surface area contributed by atoms with E-state index in [-0.39, 0.29) is 5.02 Å². The quantitative estimate of drug-likeness (QED) is 0.804. The zero-order valence-corrected chi connectivity index (χ0v) is 8.76. The van der Waals surface area contributed by atoms with Crippen LogP contribution in [0.1, 0.15) is 11.7 Å². The molecular formula is C9H7ClF2O4. The standard InChI is InChI=1S/C9H7ClF2O4/c1-16-8-3(10)2-4(11)6(12)5(8)7(13)9(14)15/h2,7,13H,1H3,(H,14,15). The Morgan fingerprint density at radius 1 is 1.56 bits per heavy atom. The fraction of sp³-hybridized carbons (Fsp3) is 0.222. The van der Waals surface area contributed by atoms with E-state index in [2.05, 4.69) is 4.74 Å². The summed E-state index contributed by atoms with van der Waals surface area (Å²) in [4.78, 5) is 10.5. The lowest BCUT2D eigenvalue weighted by Gasteiger charge is -2.14. The summed E-state index contributed by atoms with van der Waals surface area (Å²) in [5.74, 6) is -5.01. The largest absolute Gasteiger partial charge is 0.495 e. The number of benzene rings is 1. The monoisotopic (exact) mass is 252 g/mol. The number of hydrogen-bond acceptors (Lipinski definition) is 3. The third-order valence-corrected chi connectivity index (χ3v) is 2.15. The average molecular weight is 253 g/mol. The molecule has 0 aliphatic heterocycles. The number of carboxylic acids is 1. The Hall–Kier alpha value is -1.40. The summed E-state index contributed by atoms with van der Waals surface area (Å²) < 4.78 is 30.9. The first-order valence-electron chi connectivity index (χ1n) is 4.02. The molecule has 0 aliphatic carbocycles. The molecule has 1 rings (SSSR count). The highest BCUT2D eigenvalue weighted by molar-refractivity contribution is 6.32. The van der Waals surface area contributed by atoms with Gasteiger partial charge in [-0.05, 0) is 6.07 Å². The molecule has 1 unspecified atom stereocenters. The van der Waals surface area contributed by atoms with Crippen LogP contribution in [-0.4, -0.2) is 23.3 Å². The van der Waals surface area contributed by atoms with Gasteiger partial charge in [-0.1, -0.05) is 11.6 Å². The van der Waals surface area contributed by atoms with Crippen LogP contribution in [-0.2, 0) is 4.79 Å². The van der Waals surface area contributed by atoms with E-state index < -0.39 is 35.0 Å². The van der Waals surface area contributed by atoms with Crippen molar-refractivity contribution in [2.24, 2.45) is 0 Å². The van der Waals surface area contributed by atoms with Crippen molar-refractivity contribution >= 4 is 17.6 Å². The normalized spacial score (nSPS) is 12.3. The summed E-state index contributed by atoms with van der Waals surface area (Å²) in [5, 5.41) is 17.4. The van der Waals surface area contributed by atoms with Crippen LogP contribution >= 0.6 is 11.6 Å². The third kappa shape index (κ3) is 2.07. The third-order valence-electron chi connectivity index (χ3n) is 1.87. The maximum atomic E-state index is 13.3. The average Bonchev–Trinajstić information content (AvgIpc) is 2.21. The molecule has 7 heteroatoms. The van der Waals surface area contributed by atoms with Gasteiger partial charge < -0.3 is 14.9 Å². The molecule has 0 saturated carbocycles. The van der Waals surface area contributed by atoms with Crippen molar-refractivity contribution in [2.45, 2.75) is 6.10 Å².